The molecule has 2 heterocycles. The molecular formula is C22H21ClN6O3S. The molecule has 2 aromatic heterocycles. The number of carbonyl (C=O) groups excluding carboxylic acids is 1. The second kappa shape index (κ2) is 8.95. The zero-order valence-electron chi connectivity index (χ0n) is 17.7. The van der Waals surface area contributed by atoms with Gasteiger partial charge in [0.2, 0.25) is 5.91 Å². The number of halogens is 1. The fourth-order valence-corrected chi connectivity index (χ4v) is 4.58. The highest BCUT2D eigenvalue weighted by Gasteiger charge is 2.31. The molecule has 0 radical (unpaired) electrons. The Morgan fingerprint density at radius 3 is 2.82 bits per heavy atom. The van der Waals surface area contributed by atoms with Crippen molar-refractivity contribution in [2.24, 2.45) is 0 Å². The molecule has 1 amide bonds. The molecular weight excluding hydrogens is 464 g/mol. The smallest absolute Gasteiger partial charge is 0.323 e. The lowest BCUT2D eigenvalue weighted by molar-refractivity contribution is -0.115. The Bertz CT molecular complexity index is 1380. The third kappa shape index (κ3) is 4.76. The van der Waals surface area contributed by atoms with Crippen LogP contribution in [0.3, 0.4) is 0 Å². The number of rotatable bonds is 8. The van der Waals surface area contributed by atoms with Gasteiger partial charge in [-0.15, -0.1) is 10.2 Å². The zero-order valence-corrected chi connectivity index (χ0v) is 19.2. The predicted octanol–water partition coefficient (Wildman–Crippen LogP) is 4.13. The van der Waals surface area contributed by atoms with Crippen molar-refractivity contribution in [3.05, 3.63) is 63.8 Å². The highest BCUT2D eigenvalue weighted by Crippen LogP contribution is 2.40. The van der Waals surface area contributed by atoms with Gasteiger partial charge in [0.25, 0.3) is 0 Å². The maximum atomic E-state index is 12.8. The number of hydrogen-bond acceptors (Lipinski definition) is 6. The summed E-state index contributed by atoms with van der Waals surface area (Å²) in [5.41, 5.74) is 1.64. The number of amides is 1. The van der Waals surface area contributed by atoms with Gasteiger partial charge >= 0.3 is 5.69 Å². The number of para-hydroxylation sites is 1. The van der Waals surface area contributed by atoms with E-state index in [1.807, 2.05) is 25.1 Å². The van der Waals surface area contributed by atoms with Gasteiger partial charge in [-0.25, -0.2) is 4.79 Å². The second-order valence-electron chi connectivity index (χ2n) is 7.81. The summed E-state index contributed by atoms with van der Waals surface area (Å²) in [5, 5.41) is 12.3. The van der Waals surface area contributed by atoms with Gasteiger partial charge in [-0.2, -0.15) is 0 Å². The minimum Gasteiger partial charge on any atom is -0.484 e. The van der Waals surface area contributed by atoms with Gasteiger partial charge in [0, 0.05) is 11.7 Å². The molecule has 1 aliphatic carbocycles. The Labute approximate surface area is 197 Å². The van der Waals surface area contributed by atoms with Crippen LogP contribution in [0.1, 0.15) is 31.6 Å². The molecule has 4 aromatic rings. The number of H-pyrrole nitrogens is 2. The van der Waals surface area contributed by atoms with Gasteiger partial charge < -0.3 is 20.0 Å². The van der Waals surface area contributed by atoms with Gasteiger partial charge in [-0.1, -0.05) is 35.5 Å². The van der Waals surface area contributed by atoms with Crippen LogP contribution in [0.15, 0.2) is 52.4 Å². The van der Waals surface area contributed by atoms with Crippen molar-refractivity contribution >= 4 is 46.0 Å². The van der Waals surface area contributed by atoms with Gasteiger partial charge in [-0.3, -0.25) is 9.36 Å². The van der Waals surface area contributed by atoms with E-state index in [1.54, 1.807) is 24.3 Å². The number of carbonyl (C=O) groups is 1. The number of aromatic nitrogens is 5. The maximum Gasteiger partial charge on any atom is 0.323 e. The Hall–Kier alpha value is -3.24. The number of anilines is 1. The number of nitrogens with zero attached hydrogens (tertiary/aromatic N) is 3. The average Bonchev–Trinajstić information content (AvgIpc) is 3.44. The Balaban J connectivity index is 1.27. The van der Waals surface area contributed by atoms with Crippen molar-refractivity contribution in [1.82, 2.24) is 24.7 Å². The molecule has 0 spiro atoms. The largest absolute Gasteiger partial charge is 0.484 e. The van der Waals surface area contributed by atoms with E-state index >= 15 is 0 Å². The highest BCUT2D eigenvalue weighted by molar-refractivity contribution is 8.00. The van der Waals surface area contributed by atoms with Crippen molar-refractivity contribution in [1.29, 1.82) is 0 Å². The highest BCUT2D eigenvalue weighted by atomic mass is 35.5. The number of ether oxygens (including phenoxy) is 1. The summed E-state index contributed by atoms with van der Waals surface area (Å²) in [6, 6.07) is 12.8. The molecule has 0 aliphatic heterocycles. The first-order chi connectivity index (χ1) is 16.0. The topological polar surface area (TPSA) is 118 Å². The van der Waals surface area contributed by atoms with Crippen LogP contribution in [-0.2, 0) is 11.4 Å². The first-order valence-corrected chi connectivity index (χ1v) is 11.7. The molecule has 0 unspecified atom stereocenters. The molecule has 0 bridgehead atoms. The summed E-state index contributed by atoms with van der Waals surface area (Å²) in [6.07, 6.45) is 2.08. The van der Waals surface area contributed by atoms with Gasteiger partial charge in [0.15, 0.2) is 11.0 Å². The number of aromatic amines is 2. The molecule has 1 atom stereocenters. The van der Waals surface area contributed by atoms with E-state index in [9.17, 15) is 9.59 Å². The van der Waals surface area contributed by atoms with Crippen molar-refractivity contribution in [3.63, 3.8) is 0 Å². The van der Waals surface area contributed by atoms with Gasteiger partial charge in [0.05, 0.1) is 21.3 Å². The number of hydrogen-bond donors (Lipinski definition) is 3. The fourth-order valence-electron chi connectivity index (χ4n) is 3.46. The molecule has 33 heavy (non-hydrogen) atoms. The molecule has 11 heteroatoms. The summed E-state index contributed by atoms with van der Waals surface area (Å²) < 4.78 is 7.91. The van der Waals surface area contributed by atoms with Crippen LogP contribution in [0, 0.1) is 0 Å². The second-order valence-corrected chi connectivity index (χ2v) is 9.52. The average molecular weight is 485 g/mol. The zero-order chi connectivity index (χ0) is 22.9. The van der Waals surface area contributed by atoms with E-state index in [0.717, 1.165) is 12.8 Å². The lowest BCUT2D eigenvalue weighted by Crippen LogP contribution is -2.23. The fraction of sp³-hybridized carbons (Fsp3) is 0.273. The summed E-state index contributed by atoms with van der Waals surface area (Å²) in [6.45, 7) is 2.06. The van der Waals surface area contributed by atoms with Crippen LogP contribution in [-0.4, -0.2) is 35.9 Å². The minimum atomic E-state index is -0.412. The first-order valence-electron chi connectivity index (χ1n) is 10.5. The number of fused-ring (bicyclic) bond motifs is 1. The molecule has 9 nitrogen and oxygen atoms in total. The molecule has 3 N–H and O–H groups in total. The van der Waals surface area contributed by atoms with Crippen LogP contribution in [0.25, 0.3) is 11.0 Å². The molecule has 1 aliphatic rings. The van der Waals surface area contributed by atoms with E-state index < -0.39 is 5.25 Å². The normalized spacial score (nSPS) is 14.4. The number of benzene rings is 2. The third-order valence-corrected chi connectivity index (χ3v) is 6.64. The lowest BCUT2D eigenvalue weighted by atomic mass is 10.2. The van der Waals surface area contributed by atoms with Crippen molar-refractivity contribution in [2.75, 3.05) is 5.32 Å². The van der Waals surface area contributed by atoms with E-state index in [-0.39, 0.29) is 18.2 Å². The van der Waals surface area contributed by atoms with Crippen molar-refractivity contribution in [3.8, 4) is 5.75 Å². The Morgan fingerprint density at radius 1 is 1.24 bits per heavy atom. The monoisotopic (exact) mass is 484 g/mol. The summed E-state index contributed by atoms with van der Waals surface area (Å²) in [7, 11) is 0. The van der Waals surface area contributed by atoms with Crippen LogP contribution < -0.4 is 15.7 Å². The lowest BCUT2D eigenvalue weighted by Gasteiger charge is -2.14. The van der Waals surface area contributed by atoms with Gasteiger partial charge in [0.1, 0.15) is 12.4 Å². The number of thioether (sulfide) groups is 1. The summed E-state index contributed by atoms with van der Waals surface area (Å²) in [5.74, 6) is 1.12. The maximum absolute atomic E-state index is 12.8. The van der Waals surface area contributed by atoms with Crippen LogP contribution >= 0.6 is 23.4 Å². The third-order valence-electron chi connectivity index (χ3n) is 5.28. The first kappa shape index (κ1) is 21.6. The molecule has 2 aromatic carbocycles. The van der Waals surface area contributed by atoms with Crippen molar-refractivity contribution in [2.45, 2.75) is 42.8 Å². The van der Waals surface area contributed by atoms with Crippen LogP contribution in [0.5, 0.6) is 5.75 Å². The molecule has 170 valence electrons. The molecule has 1 fully saturated rings. The van der Waals surface area contributed by atoms with Crippen molar-refractivity contribution < 1.29 is 9.53 Å². The van der Waals surface area contributed by atoms with E-state index in [2.05, 4.69) is 30.0 Å². The minimum absolute atomic E-state index is 0.170. The molecule has 0 saturated heterocycles. The number of nitrogens with one attached hydrogen (secondary N) is 3. The Morgan fingerprint density at radius 2 is 2.03 bits per heavy atom. The van der Waals surface area contributed by atoms with E-state index in [0.29, 0.717) is 44.5 Å². The number of imidazole rings is 1. The predicted molar refractivity (Wildman–Crippen MR) is 127 cm³/mol. The molecule has 5 rings (SSSR count). The van der Waals surface area contributed by atoms with Crippen LogP contribution in [0.2, 0.25) is 5.02 Å². The summed E-state index contributed by atoms with van der Waals surface area (Å²) >= 11 is 7.53. The SMILES string of the molecule is C[C@@H](Sc1nnc(COc2ccccc2Cl)n1C1CC1)C(=O)Nc1ccc2[nH]c(=O)[nH]c2c1. The van der Waals surface area contributed by atoms with Crippen LogP contribution in [0.4, 0.5) is 5.69 Å². The Kier molecular flexibility index (Phi) is 5.86. The van der Waals surface area contributed by atoms with Gasteiger partial charge in [-0.05, 0) is 50.1 Å². The summed E-state index contributed by atoms with van der Waals surface area (Å²) in [4.78, 5) is 29.6. The standard InChI is InChI=1S/C22H21ClN6O3S/c1-12(20(30)24-13-6-9-16-17(10-13)26-21(31)25-16)33-22-28-27-19(29(22)14-7-8-14)11-32-18-5-3-2-4-15(18)23/h2-6,9-10,12,14H,7-8,11H2,1H3,(H,24,30)(H2,25,26,31)/t12-/m1/s1. The molecule has 1 saturated carbocycles. The van der Waals surface area contributed by atoms with E-state index in [1.165, 1.54) is 11.8 Å². The van der Waals surface area contributed by atoms with E-state index in [4.69, 9.17) is 16.3 Å². The quantitative estimate of drug-likeness (QED) is 0.323.